The van der Waals surface area contributed by atoms with Crippen molar-refractivity contribution in [1.29, 1.82) is 0 Å². The highest BCUT2D eigenvalue weighted by atomic mass is 19.1. The van der Waals surface area contributed by atoms with Crippen LogP contribution in [0.5, 0.6) is 0 Å². The van der Waals surface area contributed by atoms with E-state index in [0.717, 1.165) is 36.7 Å². The van der Waals surface area contributed by atoms with Crippen LogP contribution >= 0.6 is 0 Å². The summed E-state index contributed by atoms with van der Waals surface area (Å²) in [6.45, 7) is 3.07. The Labute approximate surface area is 100 Å². The van der Waals surface area contributed by atoms with Crippen LogP contribution in [0.2, 0.25) is 0 Å². The number of rotatable bonds is 1. The Hall–Kier alpha value is -1.35. The Morgan fingerprint density at radius 1 is 1.47 bits per heavy atom. The van der Waals surface area contributed by atoms with E-state index in [4.69, 9.17) is 5.73 Å². The van der Waals surface area contributed by atoms with Crippen LogP contribution < -0.4 is 5.73 Å². The third kappa shape index (κ3) is 1.57. The molecule has 90 valence electrons. The third-order valence-corrected chi connectivity index (χ3v) is 3.78. The van der Waals surface area contributed by atoms with E-state index in [0.29, 0.717) is 0 Å². The minimum atomic E-state index is -0.160. The molecule has 3 rings (SSSR count). The van der Waals surface area contributed by atoms with Gasteiger partial charge in [0, 0.05) is 29.2 Å². The first kappa shape index (κ1) is 10.8. The van der Waals surface area contributed by atoms with Crippen LogP contribution in [0.4, 0.5) is 4.39 Å². The fourth-order valence-corrected chi connectivity index (χ4v) is 3.01. The Morgan fingerprint density at radius 3 is 3.06 bits per heavy atom. The van der Waals surface area contributed by atoms with Crippen molar-refractivity contribution in [2.45, 2.75) is 38.8 Å². The van der Waals surface area contributed by atoms with Crippen LogP contribution in [-0.4, -0.2) is 10.6 Å². The molecule has 1 atom stereocenters. The van der Waals surface area contributed by atoms with Crippen molar-refractivity contribution >= 4 is 10.9 Å². The molecule has 0 radical (unpaired) electrons. The molecule has 1 aromatic carbocycles. The second-order valence-corrected chi connectivity index (χ2v) is 4.83. The summed E-state index contributed by atoms with van der Waals surface area (Å²) < 4.78 is 15.7. The van der Waals surface area contributed by atoms with Gasteiger partial charge >= 0.3 is 0 Å². The predicted octanol–water partition coefficient (Wildman–Crippen LogP) is 2.62. The summed E-state index contributed by atoms with van der Waals surface area (Å²) in [6.07, 6.45) is 2.93. The van der Waals surface area contributed by atoms with E-state index in [2.05, 4.69) is 11.5 Å². The molecule has 1 aliphatic carbocycles. The smallest absolute Gasteiger partial charge is 0.123 e. The second-order valence-electron chi connectivity index (χ2n) is 4.83. The van der Waals surface area contributed by atoms with Crippen molar-refractivity contribution in [2.75, 3.05) is 0 Å². The van der Waals surface area contributed by atoms with Gasteiger partial charge in [0.25, 0.3) is 0 Å². The van der Waals surface area contributed by atoms with Gasteiger partial charge in [-0.05, 0) is 49.9 Å². The molecular weight excluding hydrogens is 215 g/mol. The SMILES string of the molecule is CCn1c2c(c3cc(F)ccc31)C[C@@H](N)CC2. The van der Waals surface area contributed by atoms with Crippen LogP contribution in [-0.2, 0) is 19.4 Å². The average Bonchev–Trinajstić information content (AvgIpc) is 2.62. The fourth-order valence-electron chi connectivity index (χ4n) is 3.01. The van der Waals surface area contributed by atoms with Gasteiger partial charge in [-0.15, -0.1) is 0 Å². The summed E-state index contributed by atoms with van der Waals surface area (Å²) in [5, 5.41) is 1.05. The molecule has 0 saturated carbocycles. The monoisotopic (exact) mass is 232 g/mol. The minimum Gasteiger partial charge on any atom is -0.345 e. The molecule has 2 nitrogen and oxygen atoms in total. The zero-order chi connectivity index (χ0) is 12.0. The lowest BCUT2D eigenvalue weighted by atomic mass is 9.92. The lowest BCUT2D eigenvalue weighted by Gasteiger charge is -2.20. The van der Waals surface area contributed by atoms with Crippen LogP contribution in [0, 0.1) is 5.82 Å². The van der Waals surface area contributed by atoms with Crippen LogP contribution in [0.1, 0.15) is 24.6 Å². The topological polar surface area (TPSA) is 30.9 Å². The van der Waals surface area contributed by atoms with Crippen molar-refractivity contribution in [2.24, 2.45) is 5.73 Å². The van der Waals surface area contributed by atoms with E-state index in [1.165, 1.54) is 11.3 Å². The molecule has 0 unspecified atom stereocenters. The van der Waals surface area contributed by atoms with Gasteiger partial charge in [-0.25, -0.2) is 4.39 Å². The highest BCUT2D eigenvalue weighted by molar-refractivity contribution is 5.86. The van der Waals surface area contributed by atoms with Gasteiger partial charge < -0.3 is 10.3 Å². The molecular formula is C14H17FN2. The first-order chi connectivity index (χ1) is 8.20. The van der Waals surface area contributed by atoms with Gasteiger partial charge in [0.05, 0.1) is 0 Å². The van der Waals surface area contributed by atoms with Gasteiger partial charge in [0.15, 0.2) is 0 Å². The number of halogens is 1. The average molecular weight is 232 g/mol. The highest BCUT2D eigenvalue weighted by Gasteiger charge is 2.23. The zero-order valence-corrected chi connectivity index (χ0v) is 10.0. The Bertz CT molecular complexity index is 571. The number of aryl methyl sites for hydroxylation is 1. The molecule has 2 aromatic rings. The largest absolute Gasteiger partial charge is 0.345 e. The van der Waals surface area contributed by atoms with Gasteiger partial charge in [-0.1, -0.05) is 0 Å². The summed E-state index contributed by atoms with van der Waals surface area (Å²) in [6, 6.07) is 5.30. The van der Waals surface area contributed by atoms with Crippen molar-refractivity contribution in [3.05, 3.63) is 35.3 Å². The summed E-state index contributed by atoms with van der Waals surface area (Å²) in [7, 11) is 0. The van der Waals surface area contributed by atoms with Gasteiger partial charge in [-0.2, -0.15) is 0 Å². The van der Waals surface area contributed by atoms with Crippen molar-refractivity contribution < 1.29 is 4.39 Å². The van der Waals surface area contributed by atoms with E-state index in [1.807, 2.05) is 6.07 Å². The molecule has 3 heteroatoms. The second kappa shape index (κ2) is 3.84. The third-order valence-electron chi connectivity index (χ3n) is 3.78. The number of nitrogens with two attached hydrogens (primary N) is 1. The van der Waals surface area contributed by atoms with E-state index < -0.39 is 0 Å². The number of aromatic nitrogens is 1. The maximum absolute atomic E-state index is 13.4. The van der Waals surface area contributed by atoms with E-state index in [1.54, 1.807) is 12.1 Å². The molecule has 1 aromatic heterocycles. The van der Waals surface area contributed by atoms with E-state index in [-0.39, 0.29) is 11.9 Å². The highest BCUT2D eigenvalue weighted by Crippen LogP contribution is 2.32. The Morgan fingerprint density at radius 2 is 2.29 bits per heavy atom. The first-order valence-electron chi connectivity index (χ1n) is 6.25. The van der Waals surface area contributed by atoms with Crippen molar-refractivity contribution in [3.8, 4) is 0 Å². The molecule has 0 fully saturated rings. The fraction of sp³-hybridized carbons (Fsp3) is 0.429. The number of nitrogens with zero attached hydrogens (tertiary/aromatic N) is 1. The van der Waals surface area contributed by atoms with Gasteiger partial charge in [-0.3, -0.25) is 0 Å². The summed E-state index contributed by atoms with van der Waals surface area (Å²) >= 11 is 0. The van der Waals surface area contributed by atoms with E-state index in [9.17, 15) is 4.39 Å². The van der Waals surface area contributed by atoms with Gasteiger partial charge in [0.1, 0.15) is 5.82 Å². The van der Waals surface area contributed by atoms with Crippen LogP contribution in [0.25, 0.3) is 10.9 Å². The lowest BCUT2D eigenvalue weighted by Crippen LogP contribution is -2.28. The summed E-state index contributed by atoms with van der Waals surface area (Å²) in [4.78, 5) is 0. The maximum Gasteiger partial charge on any atom is 0.123 e. The summed E-state index contributed by atoms with van der Waals surface area (Å²) in [5.74, 6) is -0.160. The number of hydrogen-bond donors (Lipinski definition) is 1. The Balaban J connectivity index is 2.32. The lowest BCUT2D eigenvalue weighted by molar-refractivity contribution is 0.553. The van der Waals surface area contributed by atoms with E-state index >= 15 is 0 Å². The minimum absolute atomic E-state index is 0.160. The Kier molecular flexibility index (Phi) is 2.44. The molecule has 17 heavy (non-hydrogen) atoms. The molecule has 0 spiro atoms. The molecule has 2 N–H and O–H groups in total. The van der Waals surface area contributed by atoms with Crippen molar-refractivity contribution in [3.63, 3.8) is 0 Å². The predicted molar refractivity (Wildman–Crippen MR) is 67.6 cm³/mol. The zero-order valence-electron chi connectivity index (χ0n) is 10.0. The number of hydrogen-bond acceptors (Lipinski definition) is 1. The molecule has 1 heterocycles. The summed E-state index contributed by atoms with van der Waals surface area (Å²) in [5.41, 5.74) is 9.79. The molecule has 0 saturated heterocycles. The van der Waals surface area contributed by atoms with Crippen molar-refractivity contribution in [1.82, 2.24) is 4.57 Å². The number of benzene rings is 1. The standard InChI is InChI=1S/C14H17FN2/c1-2-17-13-5-3-9(15)7-11(13)12-8-10(16)4-6-14(12)17/h3,5,7,10H,2,4,6,8,16H2,1H3/t10-/m0/s1. The quantitative estimate of drug-likeness (QED) is 0.805. The van der Waals surface area contributed by atoms with Crippen LogP contribution in [0.3, 0.4) is 0 Å². The molecule has 1 aliphatic rings. The van der Waals surface area contributed by atoms with Crippen LogP contribution in [0.15, 0.2) is 18.2 Å². The normalized spacial score (nSPS) is 19.6. The number of fused-ring (bicyclic) bond motifs is 3. The maximum atomic E-state index is 13.4. The van der Waals surface area contributed by atoms with Gasteiger partial charge in [0.2, 0.25) is 0 Å². The first-order valence-corrected chi connectivity index (χ1v) is 6.25. The molecule has 0 bridgehead atoms. The molecule has 0 aliphatic heterocycles. The molecule has 0 amide bonds.